The van der Waals surface area contributed by atoms with Crippen LogP contribution in [0.3, 0.4) is 0 Å². The molecule has 126 valence electrons. The maximum Gasteiger partial charge on any atom is 0.327 e. The van der Waals surface area contributed by atoms with Crippen LogP contribution in [-0.2, 0) is 5.54 Å². The SMILES string of the molecule is Cc1cc(-c2nc(C3(N)CCC3)no2)nc2[nH]c(=O)[nH]c(=O)c12.Cl. The largest absolute Gasteiger partial charge is 0.332 e. The van der Waals surface area contributed by atoms with Gasteiger partial charge in [0, 0.05) is 0 Å². The first-order chi connectivity index (χ1) is 11.0. The van der Waals surface area contributed by atoms with E-state index >= 15 is 0 Å². The molecular weight excluding hydrogens is 336 g/mol. The molecule has 4 N–H and O–H groups in total. The van der Waals surface area contributed by atoms with Gasteiger partial charge in [0.2, 0.25) is 0 Å². The van der Waals surface area contributed by atoms with E-state index in [4.69, 9.17) is 10.3 Å². The van der Waals surface area contributed by atoms with E-state index < -0.39 is 16.8 Å². The predicted octanol–water partition coefficient (Wildman–Crippen LogP) is 0.730. The summed E-state index contributed by atoms with van der Waals surface area (Å²) in [7, 11) is 0. The van der Waals surface area contributed by atoms with E-state index in [1.54, 1.807) is 13.0 Å². The van der Waals surface area contributed by atoms with Crippen molar-refractivity contribution < 1.29 is 4.52 Å². The van der Waals surface area contributed by atoms with Crippen molar-refractivity contribution in [3.8, 4) is 11.6 Å². The van der Waals surface area contributed by atoms with E-state index in [1.165, 1.54) is 0 Å². The lowest BCUT2D eigenvalue weighted by Crippen LogP contribution is -2.44. The van der Waals surface area contributed by atoms with E-state index in [9.17, 15) is 9.59 Å². The van der Waals surface area contributed by atoms with Crippen LogP contribution in [0, 0.1) is 6.92 Å². The molecule has 0 spiro atoms. The average Bonchev–Trinajstić information content (AvgIpc) is 2.93. The summed E-state index contributed by atoms with van der Waals surface area (Å²) >= 11 is 0. The van der Waals surface area contributed by atoms with Crippen molar-refractivity contribution in [2.75, 3.05) is 0 Å². The highest BCUT2D eigenvalue weighted by Gasteiger charge is 2.39. The number of hydrogen-bond donors (Lipinski definition) is 3. The Balaban J connectivity index is 0.00000169. The maximum atomic E-state index is 11.9. The van der Waals surface area contributed by atoms with Crippen LogP contribution in [0.5, 0.6) is 0 Å². The second-order valence-corrected chi connectivity index (χ2v) is 5.89. The smallest absolute Gasteiger partial charge is 0.327 e. The van der Waals surface area contributed by atoms with E-state index in [2.05, 4.69) is 25.1 Å². The Morgan fingerprint density at radius 1 is 1.25 bits per heavy atom. The molecule has 9 nitrogen and oxygen atoms in total. The molecule has 0 aliphatic heterocycles. The average molecular weight is 351 g/mol. The molecule has 0 bridgehead atoms. The molecular formula is C14H15ClN6O3. The van der Waals surface area contributed by atoms with Gasteiger partial charge in [-0.05, 0) is 37.8 Å². The van der Waals surface area contributed by atoms with Gasteiger partial charge in [-0.15, -0.1) is 12.4 Å². The number of nitrogens with one attached hydrogen (secondary N) is 2. The second-order valence-electron chi connectivity index (χ2n) is 5.89. The fraction of sp³-hybridized carbons (Fsp3) is 0.357. The van der Waals surface area contributed by atoms with Crippen LogP contribution in [0.15, 0.2) is 20.2 Å². The number of halogens is 1. The minimum Gasteiger partial charge on any atom is -0.332 e. The lowest BCUT2D eigenvalue weighted by molar-refractivity contribution is 0.229. The van der Waals surface area contributed by atoms with E-state index in [-0.39, 0.29) is 23.9 Å². The standard InChI is InChI=1S/C14H14N6O3.ClH/c1-6-5-7(16-9-8(6)10(21)18-13(22)17-9)11-19-12(20-23-11)14(15)3-2-4-14;/h5H,2-4,15H2,1H3,(H2,16,17,18,21,22);1H. The lowest BCUT2D eigenvalue weighted by atomic mass is 9.77. The van der Waals surface area contributed by atoms with Gasteiger partial charge in [-0.3, -0.25) is 14.8 Å². The Morgan fingerprint density at radius 2 is 2.00 bits per heavy atom. The molecule has 1 aliphatic carbocycles. The van der Waals surface area contributed by atoms with Gasteiger partial charge in [0.15, 0.2) is 5.82 Å². The summed E-state index contributed by atoms with van der Waals surface area (Å²) in [4.78, 5) is 36.6. The summed E-state index contributed by atoms with van der Waals surface area (Å²) in [6, 6.07) is 1.66. The van der Waals surface area contributed by atoms with Gasteiger partial charge >= 0.3 is 5.69 Å². The number of aryl methyl sites for hydroxylation is 1. The minimum atomic E-state index is -0.617. The number of aromatic amines is 2. The summed E-state index contributed by atoms with van der Waals surface area (Å²) < 4.78 is 5.26. The molecule has 0 aromatic carbocycles. The molecule has 3 heterocycles. The first-order valence-electron chi connectivity index (χ1n) is 7.24. The molecule has 3 aromatic heterocycles. The highest BCUT2D eigenvalue weighted by Crippen LogP contribution is 2.37. The normalized spacial score (nSPS) is 15.8. The van der Waals surface area contributed by atoms with Crippen LogP contribution in [0.2, 0.25) is 0 Å². The summed E-state index contributed by atoms with van der Waals surface area (Å²) in [5.74, 6) is 0.667. The minimum absolute atomic E-state index is 0. The Labute approximate surface area is 141 Å². The van der Waals surface area contributed by atoms with Gasteiger partial charge in [0.1, 0.15) is 11.3 Å². The number of hydrogen-bond acceptors (Lipinski definition) is 7. The molecule has 10 heteroatoms. The number of H-pyrrole nitrogens is 2. The molecule has 0 radical (unpaired) electrons. The van der Waals surface area contributed by atoms with E-state index in [0.717, 1.165) is 19.3 Å². The lowest BCUT2D eigenvalue weighted by Gasteiger charge is -2.34. The van der Waals surface area contributed by atoms with Gasteiger partial charge in [-0.1, -0.05) is 5.16 Å². The fourth-order valence-corrected chi connectivity index (χ4v) is 2.77. The van der Waals surface area contributed by atoms with Gasteiger partial charge in [0.25, 0.3) is 11.4 Å². The second kappa shape index (κ2) is 5.53. The monoisotopic (exact) mass is 350 g/mol. The highest BCUT2D eigenvalue weighted by molar-refractivity contribution is 5.85. The molecule has 1 fully saturated rings. The Kier molecular flexibility index (Phi) is 3.77. The van der Waals surface area contributed by atoms with Crippen LogP contribution in [0.1, 0.15) is 30.7 Å². The summed E-state index contributed by atoms with van der Waals surface area (Å²) in [6.07, 6.45) is 2.68. The molecule has 3 aromatic rings. The van der Waals surface area contributed by atoms with Crippen LogP contribution in [-0.4, -0.2) is 25.1 Å². The predicted molar refractivity (Wildman–Crippen MR) is 88.0 cm³/mol. The summed E-state index contributed by atoms with van der Waals surface area (Å²) in [5.41, 5.74) is 5.76. The molecule has 0 amide bonds. The molecule has 0 unspecified atom stereocenters. The van der Waals surface area contributed by atoms with Crippen LogP contribution in [0.25, 0.3) is 22.6 Å². The number of nitrogens with two attached hydrogens (primary N) is 1. The number of rotatable bonds is 2. The molecule has 0 saturated heterocycles. The zero-order chi connectivity index (χ0) is 16.2. The van der Waals surface area contributed by atoms with Crippen molar-refractivity contribution in [3.05, 3.63) is 38.3 Å². The zero-order valence-corrected chi connectivity index (χ0v) is 13.6. The maximum absolute atomic E-state index is 11.9. The van der Waals surface area contributed by atoms with E-state index in [1.807, 2.05) is 0 Å². The van der Waals surface area contributed by atoms with Gasteiger partial charge in [-0.25, -0.2) is 9.78 Å². The van der Waals surface area contributed by atoms with Crippen molar-refractivity contribution in [1.29, 1.82) is 0 Å². The molecule has 24 heavy (non-hydrogen) atoms. The highest BCUT2D eigenvalue weighted by atomic mass is 35.5. The number of fused-ring (bicyclic) bond motifs is 1. The Morgan fingerprint density at radius 3 is 2.67 bits per heavy atom. The molecule has 0 atom stereocenters. The van der Waals surface area contributed by atoms with Gasteiger partial charge in [-0.2, -0.15) is 4.98 Å². The number of nitrogens with zero attached hydrogens (tertiary/aromatic N) is 3. The molecule has 1 aliphatic rings. The Bertz CT molecular complexity index is 1030. The Hall–Kier alpha value is -2.52. The third kappa shape index (κ3) is 2.42. The first kappa shape index (κ1) is 16.3. The van der Waals surface area contributed by atoms with Crippen molar-refractivity contribution >= 4 is 23.4 Å². The van der Waals surface area contributed by atoms with E-state index in [0.29, 0.717) is 22.5 Å². The third-order valence-corrected chi connectivity index (χ3v) is 4.24. The van der Waals surface area contributed by atoms with Crippen LogP contribution >= 0.6 is 12.4 Å². The summed E-state index contributed by atoms with van der Waals surface area (Å²) in [5, 5.41) is 4.26. The number of aromatic nitrogens is 5. The topological polar surface area (TPSA) is 144 Å². The van der Waals surface area contributed by atoms with Crippen molar-refractivity contribution in [2.24, 2.45) is 5.73 Å². The quantitative estimate of drug-likeness (QED) is 0.617. The van der Waals surface area contributed by atoms with Gasteiger partial charge < -0.3 is 10.3 Å². The van der Waals surface area contributed by atoms with Gasteiger partial charge in [0.05, 0.1) is 10.9 Å². The molecule has 1 saturated carbocycles. The van der Waals surface area contributed by atoms with Crippen LogP contribution < -0.4 is 17.0 Å². The summed E-state index contributed by atoms with van der Waals surface area (Å²) in [6.45, 7) is 1.74. The fourth-order valence-electron chi connectivity index (χ4n) is 2.77. The third-order valence-electron chi connectivity index (χ3n) is 4.24. The number of pyridine rings is 1. The molecule has 4 rings (SSSR count). The first-order valence-corrected chi connectivity index (χ1v) is 7.24. The van der Waals surface area contributed by atoms with Crippen LogP contribution in [0.4, 0.5) is 0 Å². The zero-order valence-electron chi connectivity index (χ0n) is 12.8. The van der Waals surface area contributed by atoms with Crippen molar-refractivity contribution in [3.63, 3.8) is 0 Å². The van der Waals surface area contributed by atoms with Crippen molar-refractivity contribution in [1.82, 2.24) is 25.1 Å². The van der Waals surface area contributed by atoms with Crippen molar-refractivity contribution in [2.45, 2.75) is 31.7 Å².